The van der Waals surface area contributed by atoms with Crippen LogP contribution in [-0.4, -0.2) is 50.6 Å². The molecule has 1 aliphatic rings. The molecule has 3 rings (SSSR count). The minimum absolute atomic E-state index is 0.0182. The van der Waals surface area contributed by atoms with E-state index in [1.54, 1.807) is 56.7 Å². The van der Waals surface area contributed by atoms with E-state index >= 15 is 0 Å². The molecule has 2 aromatic carbocycles. The van der Waals surface area contributed by atoms with Gasteiger partial charge in [0.25, 0.3) is 11.8 Å². The number of amides is 2. The van der Waals surface area contributed by atoms with Crippen LogP contribution in [0.2, 0.25) is 0 Å². The average Bonchev–Trinajstić information content (AvgIpc) is 2.77. The maximum atomic E-state index is 12.8. The van der Waals surface area contributed by atoms with Gasteiger partial charge in [0.05, 0.1) is 14.2 Å². The average molecular weight is 397 g/mol. The molecule has 154 valence electrons. The number of nitrogens with two attached hydrogens (primary N) is 1. The zero-order valence-corrected chi connectivity index (χ0v) is 16.8. The SMILES string of the molecule is COc1ccc(C(=O)N2CCC(CNC(=O)c3ccc(N)cc3)CC2)cc1OC. The van der Waals surface area contributed by atoms with Crippen LogP contribution in [0.15, 0.2) is 42.5 Å². The number of likely N-dealkylation sites (tertiary alicyclic amines) is 1. The van der Waals surface area contributed by atoms with E-state index in [1.807, 2.05) is 4.90 Å². The largest absolute Gasteiger partial charge is 0.493 e. The summed E-state index contributed by atoms with van der Waals surface area (Å²) in [5.74, 6) is 1.37. The molecule has 0 bridgehead atoms. The molecule has 0 unspecified atom stereocenters. The standard InChI is InChI=1S/C22H27N3O4/c1-28-19-8-5-17(13-20(19)29-2)22(27)25-11-9-15(10-12-25)14-24-21(26)16-3-6-18(23)7-4-16/h3-8,13,15H,9-12,14,23H2,1-2H3,(H,24,26). The Morgan fingerprint density at radius 3 is 2.24 bits per heavy atom. The van der Waals surface area contributed by atoms with Crippen LogP contribution in [0.5, 0.6) is 11.5 Å². The van der Waals surface area contributed by atoms with E-state index in [2.05, 4.69) is 5.32 Å². The van der Waals surface area contributed by atoms with E-state index in [0.29, 0.717) is 53.9 Å². The van der Waals surface area contributed by atoms with Crippen LogP contribution >= 0.6 is 0 Å². The van der Waals surface area contributed by atoms with E-state index < -0.39 is 0 Å². The lowest BCUT2D eigenvalue weighted by Gasteiger charge is -2.32. The Balaban J connectivity index is 1.50. The molecule has 1 aliphatic heterocycles. The summed E-state index contributed by atoms with van der Waals surface area (Å²) in [7, 11) is 3.12. The fraction of sp³-hybridized carbons (Fsp3) is 0.364. The van der Waals surface area contributed by atoms with Gasteiger partial charge in [-0.1, -0.05) is 0 Å². The zero-order valence-electron chi connectivity index (χ0n) is 16.8. The van der Waals surface area contributed by atoms with Crippen LogP contribution in [0.1, 0.15) is 33.6 Å². The minimum atomic E-state index is -0.103. The summed E-state index contributed by atoms with van der Waals surface area (Å²) in [6, 6.07) is 12.1. The number of hydrogen-bond donors (Lipinski definition) is 2. The van der Waals surface area contributed by atoms with Crippen LogP contribution in [-0.2, 0) is 0 Å². The summed E-state index contributed by atoms with van der Waals surface area (Å²) in [4.78, 5) is 26.9. The van der Waals surface area contributed by atoms with E-state index in [-0.39, 0.29) is 11.8 Å². The lowest BCUT2D eigenvalue weighted by atomic mass is 9.96. The molecule has 0 saturated carbocycles. The number of carbonyl (C=O) groups excluding carboxylic acids is 2. The molecule has 0 aliphatic carbocycles. The molecule has 3 N–H and O–H groups in total. The van der Waals surface area contributed by atoms with Gasteiger partial charge in [0.1, 0.15) is 0 Å². The van der Waals surface area contributed by atoms with Gasteiger partial charge in [-0.15, -0.1) is 0 Å². The van der Waals surface area contributed by atoms with Gasteiger partial charge in [0.15, 0.2) is 11.5 Å². The smallest absolute Gasteiger partial charge is 0.253 e. The van der Waals surface area contributed by atoms with Gasteiger partial charge in [-0.05, 0) is 61.2 Å². The van der Waals surface area contributed by atoms with E-state index in [9.17, 15) is 9.59 Å². The number of ether oxygens (including phenoxy) is 2. The van der Waals surface area contributed by atoms with Crippen molar-refractivity contribution >= 4 is 17.5 Å². The molecule has 0 aromatic heterocycles. The third-order valence-electron chi connectivity index (χ3n) is 5.26. The van der Waals surface area contributed by atoms with Crippen molar-refractivity contribution < 1.29 is 19.1 Å². The molecule has 0 spiro atoms. The number of methoxy groups -OCH3 is 2. The predicted octanol–water partition coefficient (Wildman–Crippen LogP) is 2.57. The topological polar surface area (TPSA) is 93.9 Å². The summed E-state index contributed by atoms with van der Waals surface area (Å²) in [5.41, 5.74) is 7.46. The highest BCUT2D eigenvalue weighted by Gasteiger charge is 2.24. The van der Waals surface area contributed by atoms with Crippen molar-refractivity contribution in [1.82, 2.24) is 10.2 Å². The number of anilines is 1. The van der Waals surface area contributed by atoms with Gasteiger partial charge in [0.2, 0.25) is 0 Å². The first-order chi connectivity index (χ1) is 14.0. The molecule has 0 atom stereocenters. The summed E-state index contributed by atoms with van der Waals surface area (Å²) < 4.78 is 10.5. The lowest BCUT2D eigenvalue weighted by Crippen LogP contribution is -2.41. The fourth-order valence-corrected chi connectivity index (χ4v) is 3.47. The number of carbonyl (C=O) groups is 2. The Morgan fingerprint density at radius 1 is 1.00 bits per heavy atom. The first-order valence-corrected chi connectivity index (χ1v) is 9.67. The second-order valence-electron chi connectivity index (χ2n) is 7.14. The van der Waals surface area contributed by atoms with Crippen LogP contribution in [0, 0.1) is 5.92 Å². The maximum absolute atomic E-state index is 12.8. The van der Waals surface area contributed by atoms with Gasteiger partial charge in [-0.2, -0.15) is 0 Å². The summed E-state index contributed by atoms with van der Waals surface area (Å²) in [6.45, 7) is 1.92. The second-order valence-corrected chi connectivity index (χ2v) is 7.14. The molecule has 2 amide bonds. The molecule has 1 fully saturated rings. The Morgan fingerprint density at radius 2 is 1.62 bits per heavy atom. The molecule has 0 radical (unpaired) electrons. The first kappa shape index (κ1) is 20.5. The van der Waals surface area contributed by atoms with Crippen LogP contribution in [0.3, 0.4) is 0 Å². The van der Waals surface area contributed by atoms with Crippen LogP contribution in [0.4, 0.5) is 5.69 Å². The van der Waals surface area contributed by atoms with Crippen molar-refractivity contribution in [1.29, 1.82) is 0 Å². The van der Waals surface area contributed by atoms with Crippen molar-refractivity contribution in [2.24, 2.45) is 5.92 Å². The normalized spacial score (nSPS) is 14.3. The Kier molecular flexibility index (Phi) is 6.59. The summed E-state index contributed by atoms with van der Waals surface area (Å²) in [6.07, 6.45) is 1.70. The van der Waals surface area contributed by atoms with Gasteiger partial charge in [-0.25, -0.2) is 0 Å². The van der Waals surface area contributed by atoms with Crippen molar-refractivity contribution in [2.75, 3.05) is 39.6 Å². The number of benzene rings is 2. The highest BCUT2D eigenvalue weighted by Crippen LogP contribution is 2.28. The monoisotopic (exact) mass is 397 g/mol. The van der Waals surface area contributed by atoms with Gasteiger partial charge in [-0.3, -0.25) is 9.59 Å². The van der Waals surface area contributed by atoms with Crippen LogP contribution < -0.4 is 20.5 Å². The van der Waals surface area contributed by atoms with Crippen molar-refractivity contribution in [3.63, 3.8) is 0 Å². The number of hydrogen-bond acceptors (Lipinski definition) is 5. The second kappa shape index (κ2) is 9.32. The van der Waals surface area contributed by atoms with Crippen molar-refractivity contribution in [3.8, 4) is 11.5 Å². The molecule has 7 nitrogen and oxygen atoms in total. The third-order valence-corrected chi connectivity index (χ3v) is 5.26. The van der Waals surface area contributed by atoms with Gasteiger partial charge >= 0.3 is 0 Å². The fourth-order valence-electron chi connectivity index (χ4n) is 3.47. The molecule has 29 heavy (non-hydrogen) atoms. The van der Waals surface area contributed by atoms with Gasteiger partial charge in [0, 0.05) is 36.4 Å². The highest BCUT2D eigenvalue weighted by atomic mass is 16.5. The molecule has 1 heterocycles. The molecule has 2 aromatic rings. The molecule has 1 saturated heterocycles. The number of nitrogens with one attached hydrogen (secondary N) is 1. The number of piperidine rings is 1. The number of nitrogens with zero attached hydrogens (tertiary/aromatic N) is 1. The predicted molar refractivity (Wildman–Crippen MR) is 111 cm³/mol. The summed E-state index contributed by atoms with van der Waals surface area (Å²) in [5, 5.41) is 2.98. The van der Waals surface area contributed by atoms with Gasteiger partial charge < -0.3 is 25.4 Å². The molecular formula is C22H27N3O4. The highest BCUT2D eigenvalue weighted by molar-refractivity contribution is 5.95. The first-order valence-electron chi connectivity index (χ1n) is 9.67. The van der Waals surface area contributed by atoms with Crippen molar-refractivity contribution in [3.05, 3.63) is 53.6 Å². The minimum Gasteiger partial charge on any atom is -0.493 e. The molecule has 7 heteroatoms. The quantitative estimate of drug-likeness (QED) is 0.731. The van der Waals surface area contributed by atoms with E-state index in [0.717, 1.165) is 12.8 Å². The number of nitrogen functional groups attached to an aromatic ring is 1. The maximum Gasteiger partial charge on any atom is 0.253 e. The molecular weight excluding hydrogens is 370 g/mol. The number of rotatable bonds is 6. The van der Waals surface area contributed by atoms with E-state index in [1.165, 1.54) is 0 Å². The zero-order chi connectivity index (χ0) is 20.8. The van der Waals surface area contributed by atoms with E-state index in [4.69, 9.17) is 15.2 Å². The lowest BCUT2D eigenvalue weighted by molar-refractivity contribution is 0.0684. The Hall–Kier alpha value is -3.22. The summed E-state index contributed by atoms with van der Waals surface area (Å²) >= 11 is 0. The van der Waals surface area contributed by atoms with Crippen molar-refractivity contribution in [2.45, 2.75) is 12.8 Å². The Bertz CT molecular complexity index is 859. The Labute approximate surface area is 170 Å². The third kappa shape index (κ3) is 4.99. The van der Waals surface area contributed by atoms with Crippen LogP contribution in [0.25, 0.3) is 0 Å².